The van der Waals surface area contributed by atoms with E-state index in [-0.39, 0.29) is 6.61 Å². The summed E-state index contributed by atoms with van der Waals surface area (Å²) in [5.41, 5.74) is -0.376. The second-order valence-electron chi connectivity index (χ2n) is 7.86. The van der Waals surface area contributed by atoms with Gasteiger partial charge in [0.25, 0.3) is 0 Å². The molecule has 0 saturated carbocycles. The van der Waals surface area contributed by atoms with Crippen molar-refractivity contribution >= 4 is 52.6 Å². The number of thioether (sulfide) groups is 1. The highest BCUT2D eigenvalue weighted by atomic mass is 35.5. The normalized spacial score (nSPS) is 23.3. The molecular formula is C22H22ClN5O7S2. The van der Waals surface area contributed by atoms with E-state index in [4.69, 9.17) is 30.5 Å². The summed E-state index contributed by atoms with van der Waals surface area (Å²) >= 11 is 8.67. The van der Waals surface area contributed by atoms with E-state index in [2.05, 4.69) is 20.3 Å². The molecule has 0 radical (unpaired) electrons. The summed E-state index contributed by atoms with van der Waals surface area (Å²) in [6, 6.07) is 0.783. The third-order valence-corrected chi connectivity index (χ3v) is 7.18. The van der Waals surface area contributed by atoms with Gasteiger partial charge in [0, 0.05) is 49.6 Å². The van der Waals surface area contributed by atoms with Crippen LogP contribution in [0.25, 0.3) is 10.7 Å². The van der Waals surface area contributed by atoms with Crippen LogP contribution in [0.5, 0.6) is 0 Å². The van der Waals surface area contributed by atoms with Gasteiger partial charge in [0.1, 0.15) is 34.9 Å². The van der Waals surface area contributed by atoms with E-state index in [0.29, 0.717) is 20.6 Å². The van der Waals surface area contributed by atoms with Crippen molar-refractivity contribution in [3.63, 3.8) is 0 Å². The SMILES string of the molecule is CC(=O)OCC1O[C@H](Sc2cncc(Cl)c2)C(OC(C)=O)[C@@H](n2cc(-c3nccs3)nn2)[C@H]1OC(C)=O. The molecule has 1 saturated heterocycles. The van der Waals surface area contributed by atoms with E-state index in [1.807, 2.05) is 0 Å². The molecule has 37 heavy (non-hydrogen) atoms. The van der Waals surface area contributed by atoms with Gasteiger partial charge in [-0.3, -0.25) is 19.4 Å². The van der Waals surface area contributed by atoms with Crippen molar-refractivity contribution < 1.29 is 33.3 Å². The average molecular weight is 568 g/mol. The molecule has 3 aromatic rings. The van der Waals surface area contributed by atoms with Gasteiger partial charge in [-0.15, -0.1) is 16.4 Å². The number of halogens is 1. The second kappa shape index (κ2) is 12.0. The third kappa shape index (κ3) is 6.83. The quantitative estimate of drug-likeness (QED) is 0.291. The van der Waals surface area contributed by atoms with Gasteiger partial charge in [0.2, 0.25) is 0 Å². The maximum atomic E-state index is 12.2. The minimum Gasteiger partial charge on any atom is -0.463 e. The Morgan fingerprint density at radius 3 is 2.54 bits per heavy atom. The Hall–Kier alpha value is -3.07. The molecular weight excluding hydrogens is 546 g/mol. The number of esters is 3. The van der Waals surface area contributed by atoms with Crippen LogP contribution in [0.4, 0.5) is 0 Å². The molecule has 0 spiro atoms. The van der Waals surface area contributed by atoms with Gasteiger partial charge in [-0.2, -0.15) is 0 Å². The van der Waals surface area contributed by atoms with Crippen LogP contribution in [0.2, 0.25) is 5.02 Å². The van der Waals surface area contributed by atoms with E-state index in [1.165, 1.54) is 54.7 Å². The summed E-state index contributed by atoms with van der Waals surface area (Å²) in [6.07, 6.45) is 3.32. The molecule has 196 valence electrons. The first-order chi connectivity index (χ1) is 17.7. The lowest BCUT2D eigenvalue weighted by Crippen LogP contribution is -2.57. The number of hydrogen-bond acceptors (Lipinski definition) is 13. The molecule has 12 nitrogen and oxygen atoms in total. The van der Waals surface area contributed by atoms with Crippen LogP contribution < -0.4 is 0 Å². The average Bonchev–Trinajstić information content (AvgIpc) is 3.51. The highest BCUT2D eigenvalue weighted by Crippen LogP contribution is 2.41. The van der Waals surface area contributed by atoms with Crippen molar-refractivity contribution in [3.8, 4) is 10.7 Å². The predicted octanol–water partition coefficient (Wildman–Crippen LogP) is 2.93. The highest BCUT2D eigenvalue weighted by molar-refractivity contribution is 7.99. The summed E-state index contributed by atoms with van der Waals surface area (Å²) in [6.45, 7) is 3.52. The highest BCUT2D eigenvalue weighted by Gasteiger charge is 2.52. The Kier molecular flexibility index (Phi) is 8.74. The van der Waals surface area contributed by atoms with E-state index in [9.17, 15) is 14.4 Å². The lowest BCUT2D eigenvalue weighted by atomic mass is 9.96. The van der Waals surface area contributed by atoms with E-state index in [0.717, 1.165) is 0 Å². The summed E-state index contributed by atoms with van der Waals surface area (Å²) in [4.78, 5) is 44.9. The van der Waals surface area contributed by atoms with Crippen LogP contribution in [0.3, 0.4) is 0 Å². The fourth-order valence-corrected chi connectivity index (χ4v) is 5.70. The number of aromatic nitrogens is 5. The van der Waals surface area contributed by atoms with Crippen molar-refractivity contribution in [3.05, 3.63) is 41.3 Å². The van der Waals surface area contributed by atoms with Crippen LogP contribution in [-0.4, -0.2) is 73.2 Å². The molecule has 1 aliphatic heterocycles. The summed E-state index contributed by atoms with van der Waals surface area (Å²) in [5.74, 6) is -1.74. The van der Waals surface area contributed by atoms with Crippen LogP contribution in [0.15, 0.2) is 41.1 Å². The molecule has 1 aliphatic rings. The van der Waals surface area contributed by atoms with Gasteiger partial charge >= 0.3 is 17.9 Å². The van der Waals surface area contributed by atoms with Crippen molar-refractivity contribution in [1.82, 2.24) is 25.0 Å². The van der Waals surface area contributed by atoms with Crippen molar-refractivity contribution in [2.75, 3.05) is 6.61 Å². The van der Waals surface area contributed by atoms with Gasteiger partial charge in [0.05, 0.1) is 11.2 Å². The molecule has 15 heteroatoms. The molecule has 5 atom stereocenters. The second-order valence-corrected chi connectivity index (χ2v) is 10.4. The Bertz CT molecular complexity index is 1260. The van der Waals surface area contributed by atoms with Crippen LogP contribution in [0.1, 0.15) is 26.8 Å². The maximum absolute atomic E-state index is 12.2. The number of rotatable bonds is 8. The number of thiazole rings is 1. The van der Waals surface area contributed by atoms with Gasteiger partial charge in [-0.1, -0.05) is 28.6 Å². The first-order valence-electron chi connectivity index (χ1n) is 10.9. The predicted molar refractivity (Wildman–Crippen MR) is 132 cm³/mol. The fraction of sp³-hybridized carbons (Fsp3) is 0.409. The number of nitrogens with zero attached hydrogens (tertiary/aromatic N) is 5. The van der Waals surface area contributed by atoms with Crippen molar-refractivity contribution in [2.45, 2.75) is 55.5 Å². The fourth-order valence-electron chi connectivity index (χ4n) is 3.74. The minimum absolute atomic E-state index is 0.227. The van der Waals surface area contributed by atoms with E-state index in [1.54, 1.807) is 30.0 Å². The van der Waals surface area contributed by atoms with E-state index < -0.39 is 47.7 Å². The first kappa shape index (κ1) is 27.0. The van der Waals surface area contributed by atoms with Crippen molar-refractivity contribution in [2.24, 2.45) is 0 Å². The minimum atomic E-state index is -1.05. The topological polar surface area (TPSA) is 145 Å². The number of ether oxygens (including phenoxy) is 4. The monoisotopic (exact) mass is 567 g/mol. The zero-order valence-corrected chi connectivity index (χ0v) is 22.2. The van der Waals surface area contributed by atoms with Crippen LogP contribution in [0, 0.1) is 0 Å². The smallest absolute Gasteiger partial charge is 0.303 e. The number of carbonyl (C=O) groups is 3. The molecule has 4 heterocycles. The zero-order valence-electron chi connectivity index (χ0n) is 19.8. The number of pyridine rings is 1. The molecule has 0 bridgehead atoms. The summed E-state index contributed by atoms with van der Waals surface area (Å²) < 4.78 is 24.3. The Balaban J connectivity index is 1.78. The molecule has 3 aromatic heterocycles. The Morgan fingerprint density at radius 1 is 1.14 bits per heavy atom. The lowest BCUT2D eigenvalue weighted by molar-refractivity contribution is -0.212. The van der Waals surface area contributed by atoms with Gasteiger partial charge < -0.3 is 18.9 Å². The van der Waals surface area contributed by atoms with Gasteiger partial charge in [-0.25, -0.2) is 9.67 Å². The molecule has 4 rings (SSSR count). The molecule has 0 aromatic carbocycles. The molecule has 0 aliphatic carbocycles. The Morgan fingerprint density at radius 2 is 1.89 bits per heavy atom. The Labute approximate surface area is 224 Å². The van der Waals surface area contributed by atoms with Gasteiger partial charge in [-0.05, 0) is 6.07 Å². The third-order valence-electron chi connectivity index (χ3n) is 5.07. The number of hydrogen-bond donors (Lipinski definition) is 0. The standard InChI is InChI=1S/C22H22ClN5O7S2/c1-11(29)32-10-17-19(33-12(2)30)18(28-9-16(26-27-28)21-25-4-5-36-21)20(34-13(3)31)22(35-17)37-15-6-14(23)7-24-8-15/h4-9,17-20,22H,10H2,1-3H3/t17?,18-,19-,20?,22+/m0/s1. The largest absolute Gasteiger partial charge is 0.463 e. The van der Waals surface area contributed by atoms with Crippen LogP contribution in [-0.2, 0) is 33.3 Å². The molecule has 0 N–H and O–H groups in total. The van der Waals surface area contributed by atoms with E-state index >= 15 is 0 Å². The van der Waals surface area contributed by atoms with Crippen LogP contribution >= 0.6 is 34.7 Å². The maximum Gasteiger partial charge on any atom is 0.303 e. The van der Waals surface area contributed by atoms with Crippen molar-refractivity contribution in [1.29, 1.82) is 0 Å². The van der Waals surface area contributed by atoms with Gasteiger partial charge in [0.15, 0.2) is 12.2 Å². The number of carbonyl (C=O) groups excluding carboxylic acids is 3. The first-order valence-corrected chi connectivity index (χ1v) is 13.1. The summed E-state index contributed by atoms with van der Waals surface area (Å²) in [5, 5.41) is 11.3. The molecule has 0 amide bonds. The summed E-state index contributed by atoms with van der Waals surface area (Å²) in [7, 11) is 0. The lowest BCUT2D eigenvalue weighted by Gasteiger charge is -2.44. The molecule has 1 fully saturated rings. The molecule has 2 unspecified atom stereocenters. The zero-order chi connectivity index (χ0) is 26.5.